The Hall–Kier alpha value is -0.740. The largest absolute Gasteiger partial charge is 0.489 e. The molecule has 0 saturated carbocycles. The molecule has 15 heavy (non-hydrogen) atoms. The van der Waals surface area contributed by atoms with E-state index >= 15 is 0 Å². The van der Waals surface area contributed by atoms with Crippen molar-refractivity contribution in [3.8, 4) is 11.5 Å². The van der Waals surface area contributed by atoms with E-state index in [1.807, 2.05) is 13.0 Å². The van der Waals surface area contributed by atoms with Gasteiger partial charge >= 0.3 is 0 Å². The highest BCUT2D eigenvalue weighted by Crippen LogP contribution is 2.41. The topological polar surface area (TPSA) is 44.5 Å². The molecule has 0 saturated heterocycles. The molecule has 0 fully saturated rings. The van der Waals surface area contributed by atoms with Crippen LogP contribution in [-0.2, 0) is 6.54 Å². The normalized spacial score (nSPS) is 14.9. The fourth-order valence-electron chi connectivity index (χ4n) is 1.68. The van der Waals surface area contributed by atoms with E-state index in [2.05, 4.69) is 15.9 Å². The number of hydrogen-bond donors (Lipinski definition) is 1. The lowest BCUT2D eigenvalue weighted by Crippen LogP contribution is -2.03. The SMILES string of the molecule is Cc1c(CN)cc(Br)c2c1OCCCO2. The van der Waals surface area contributed by atoms with Crippen molar-refractivity contribution in [1.82, 2.24) is 0 Å². The highest BCUT2D eigenvalue weighted by Gasteiger charge is 2.18. The number of ether oxygens (including phenoxy) is 2. The number of hydrogen-bond acceptors (Lipinski definition) is 3. The van der Waals surface area contributed by atoms with E-state index < -0.39 is 0 Å². The molecule has 0 unspecified atom stereocenters. The summed E-state index contributed by atoms with van der Waals surface area (Å²) in [5.41, 5.74) is 7.84. The first-order chi connectivity index (χ1) is 7.24. The first kappa shape index (κ1) is 10.8. The van der Waals surface area contributed by atoms with Crippen LogP contribution >= 0.6 is 15.9 Å². The van der Waals surface area contributed by atoms with Gasteiger partial charge in [0.1, 0.15) is 0 Å². The van der Waals surface area contributed by atoms with Crippen LogP contribution in [0.4, 0.5) is 0 Å². The van der Waals surface area contributed by atoms with Gasteiger partial charge in [-0.3, -0.25) is 0 Å². The first-order valence-electron chi connectivity index (χ1n) is 5.01. The molecule has 0 bridgehead atoms. The third-order valence-corrected chi connectivity index (χ3v) is 3.14. The Morgan fingerprint density at radius 2 is 2.00 bits per heavy atom. The number of benzene rings is 1. The summed E-state index contributed by atoms with van der Waals surface area (Å²) in [4.78, 5) is 0. The summed E-state index contributed by atoms with van der Waals surface area (Å²) < 4.78 is 12.3. The van der Waals surface area contributed by atoms with Crippen LogP contribution in [0.1, 0.15) is 17.5 Å². The van der Waals surface area contributed by atoms with E-state index in [9.17, 15) is 0 Å². The third kappa shape index (κ3) is 1.96. The van der Waals surface area contributed by atoms with E-state index in [0.717, 1.165) is 33.5 Å². The average Bonchev–Trinajstić information content (AvgIpc) is 2.49. The minimum absolute atomic E-state index is 0.515. The Balaban J connectivity index is 2.55. The molecular weight excluding hydrogens is 258 g/mol. The summed E-state index contributed by atoms with van der Waals surface area (Å²) >= 11 is 3.48. The van der Waals surface area contributed by atoms with Crippen LogP contribution in [0.3, 0.4) is 0 Å². The Kier molecular flexibility index (Phi) is 3.17. The molecule has 0 spiro atoms. The average molecular weight is 272 g/mol. The second kappa shape index (κ2) is 4.41. The highest BCUT2D eigenvalue weighted by molar-refractivity contribution is 9.10. The van der Waals surface area contributed by atoms with Crippen LogP contribution in [0.15, 0.2) is 10.5 Å². The zero-order valence-electron chi connectivity index (χ0n) is 8.68. The summed E-state index contributed by atoms with van der Waals surface area (Å²) in [6.07, 6.45) is 0.915. The van der Waals surface area contributed by atoms with Gasteiger partial charge in [-0.2, -0.15) is 0 Å². The van der Waals surface area contributed by atoms with E-state index in [0.29, 0.717) is 19.8 Å². The van der Waals surface area contributed by atoms with Gasteiger partial charge in [0, 0.05) is 13.0 Å². The quantitative estimate of drug-likeness (QED) is 0.853. The summed E-state index contributed by atoms with van der Waals surface area (Å²) in [5.74, 6) is 1.64. The van der Waals surface area contributed by atoms with E-state index in [1.54, 1.807) is 0 Å². The molecule has 0 amide bonds. The zero-order chi connectivity index (χ0) is 10.8. The zero-order valence-corrected chi connectivity index (χ0v) is 10.3. The van der Waals surface area contributed by atoms with Crippen molar-refractivity contribution in [1.29, 1.82) is 0 Å². The van der Waals surface area contributed by atoms with E-state index in [1.165, 1.54) is 0 Å². The van der Waals surface area contributed by atoms with Crippen molar-refractivity contribution in [3.05, 3.63) is 21.7 Å². The minimum atomic E-state index is 0.515. The monoisotopic (exact) mass is 271 g/mol. The lowest BCUT2D eigenvalue weighted by molar-refractivity contribution is 0.296. The Bertz CT molecular complexity index is 379. The lowest BCUT2D eigenvalue weighted by atomic mass is 10.1. The van der Waals surface area contributed by atoms with Gasteiger partial charge in [0.25, 0.3) is 0 Å². The summed E-state index contributed by atoms with van der Waals surface area (Å²) in [6, 6.07) is 2.00. The molecule has 1 aromatic rings. The fraction of sp³-hybridized carbons (Fsp3) is 0.455. The van der Waals surface area contributed by atoms with Crippen LogP contribution in [0, 0.1) is 6.92 Å². The summed E-state index contributed by atoms with van der Waals surface area (Å²) in [5, 5.41) is 0. The molecular formula is C11H14BrNO2. The third-order valence-electron chi connectivity index (χ3n) is 2.55. The van der Waals surface area contributed by atoms with Gasteiger partial charge in [-0.25, -0.2) is 0 Å². The molecule has 1 aliphatic heterocycles. The highest BCUT2D eigenvalue weighted by atomic mass is 79.9. The van der Waals surface area contributed by atoms with Gasteiger partial charge in [-0.05, 0) is 40.0 Å². The number of fused-ring (bicyclic) bond motifs is 1. The first-order valence-corrected chi connectivity index (χ1v) is 5.81. The van der Waals surface area contributed by atoms with Crippen LogP contribution < -0.4 is 15.2 Å². The van der Waals surface area contributed by atoms with Gasteiger partial charge in [0.05, 0.1) is 17.7 Å². The van der Waals surface area contributed by atoms with Crippen molar-refractivity contribution < 1.29 is 9.47 Å². The molecule has 2 rings (SSSR count). The number of rotatable bonds is 1. The van der Waals surface area contributed by atoms with Crippen molar-refractivity contribution in [2.75, 3.05) is 13.2 Å². The van der Waals surface area contributed by atoms with Gasteiger partial charge in [-0.15, -0.1) is 0 Å². The molecule has 1 heterocycles. The molecule has 1 aromatic carbocycles. The predicted octanol–water partition coefficient (Wildman–Crippen LogP) is 2.38. The summed E-state index contributed by atoms with van der Waals surface area (Å²) in [7, 11) is 0. The maximum atomic E-state index is 5.69. The number of nitrogens with two attached hydrogens (primary N) is 1. The van der Waals surface area contributed by atoms with Crippen molar-refractivity contribution in [3.63, 3.8) is 0 Å². The van der Waals surface area contributed by atoms with Crippen LogP contribution in [0.5, 0.6) is 11.5 Å². The maximum absolute atomic E-state index is 5.69. The molecule has 4 heteroatoms. The van der Waals surface area contributed by atoms with Crippen molar-refractivity contribution >= 4 is 15.9 Å². The van der Waals surface area contributed by atoms with Crippen molar-refractivity contribution in [2.24, 2.45) is 5.73 Å². The van der Waals surface area contributed by atoms with E-state index in [-0.39, 0.29) is 0 Å². The molecule has 0 aromatic heterocycles. The molecule has 1 aliphatic rings. The maximum Gasteiger partial charge on any atom is 0.175 e. The van der Waals surface area contributed by atoms with Gasteiger partial charge in [-0.1, -0.05) is 0 Å². The lowest BCUT2D eigenvalue weighted by Gasteiger charge is -2.14. The molecule has 2 N–H and O–H groups in total. The van der Waals surface area contributed by atoms with Gasteiger partial charge < -0.3 is 15.2 Å². The second-order valence-electron chi connectivity index (χ2n) is 3.56. The molecule has 0 aliphatic carbocycles. The minimum Gasteiger partial charge on any atom is -0.489 e. The Morgan fingerprint density at radius 1 is 1.33 bits per heavy atom. The molecule has 82 valence electrons. The fourth-order valence-corrected chi connectivity index (χ4v) is 2.25. The molecule has 0 radical (unpaired) electrons. The van der Waals surface area contributed by atoms with Gasteiger partial charge in [0.2, 0.25) is 0 Å². The van der Waals surface area contributed by atoms with E-state index in [4.69, 9.17) is 15.2 Å². The summed E-state index contributed by atoms with van der Waals surface area (Å²) in [6.45, 7) is 3.94. The smallest absolute Gasteiger partial charge is 0.175 e. The van der Waals surface area contributed by atoms with Crippen LogP contribution in [0.25, 0.3) is 0 Å². The Morgan fingerprint density at radius 3 is 2.67 bits per heavy atom. The van der Waals surface area contributed by atoms with Gasteiger partial charge in [0.15, 0.2) is 11.5 Å². The van der Waals surface area contributed by atoms with Crippen molar-refractivity contribution in [2.45, 2.75) is 19.9 Å². The Labute approximate surface area is 97.7 Å². The molecule has 0 atom stereocenters. The second-order valence-corrected chi connectivity index (χ2v) is 4.41. The van der Waals surface area contributed by atoms with Crippen LogP contribution in [0.2, 0.25) is 0 Å². The predicted molar refractivity (Wildman–Crippen MR) is 62.4 cm³/mol. The molecule has 3 nitrogen and oxygen atoms in total. The van der Waals surface area contributed by atoms with Crippen LogP contribution in [-0.4, -0.2) is 13.2 Å². The number of halogens is 1. The standard InChI is InChI=1S/C11H14BrNO2/c1-7-8(6-13)5-9(12)11-10(7)14-3-2-4-15-11/h5H,2-4,6,13H2,1H3.